The van der Waals surface area contributed by atoms with Crippen molar-refractivity contribution in [3.05, 3.63) is 17.6 Å². The van der Waals surface area contributed by atoms with E-state index in [0.717, 1.165) is 44.4 Å². The van der Waals surface area contributed by atoms with E-state index in [1.807, 2.05) is 0 Å². The lowest BCUT2D eigenvalue weighted by molar-refractivity contribution is 0.0992. The molecule has 0 spiro atoms. The molecule has 1 saturated carbocycles. The van der Waals surface area contributed by atoms with Crippen LogP contribution >= 0.6 is 0 Å². The van der Waals surface area contributed by atoms with Gasteiger partial charge in [0.05, 0.1) is 5.69 Å². The predicted molar refractivity (Wildman–Crippen MR) is 72.1 cm³/mol. The van der Waals surface area contributed by atoms with Gasteiger partial charge in [0, 0.05) is 12.2 Å². The van der Waals surface area contributed by atoms with Crippen molar-refractivity contribution in [2.45, 2.75) is 57.5 Å². The molecule has 104 valence electrons. The van der Waals surface area contributed by atoms with Crippen molar-refractivity contribution in [3.8, 4) is 5.88 Å². The highest BCUT2D eigenvalue weighted by atomic mass is 16.5. The van der Waals surface area contributed by atoms with Gasteiger partial charge in [-0.3, -0.25) is 0 Å². The Morgan fingerprint density at radius 1 is 1.11 bits per heavy atom. The van der Waals surface area contributed by atoms with Crippen molar-refractivity contribution in [2.24, 2.45) is 5.92 Å². The Balaban J connectivity index is 1.67. The van der Waals surface area contributed by atoms with E-state index in [4.69, 9.17) is 9.84 Å². The fourth-order valence-electron chi connectivity index (χ4n) is 3.18. The number of hydrogen-bond donors (Lipinski definition) is 1. The molecular formula is C15H22N2O2. The molecule has 19 heavy (non-hydrogen) atoms. The molecule has 0 saturated heterocycles. The summed E-state index contributed by atoms with van der Waals surface area (Å²) >= 11 is 0. The van der Waals surface area contributed by atoms with E-state index >= 15 is 0 Å². The number of nitrogens with zero attached hydrogens (tertiary/aromatic N) is 2. The van der Waals surface area contributed by atoms with Crippen LogP contribution in [0, 0.1) is 5.92 Å². The highest BCUT2D eigenvalue weighted by Crippen LogP contribution is 2.30. The van der Waals surface area contributed by atoms with Crippen molar-refractivity contribution in [1.82, 2.24) is 9.97 Å². The van der Waals surface area contributed by atoms with Gasteiger partial charge in [0.2, 0.25) is 5.88 Å². The van der Waals surface area contributed by atoms with Crippen molar-refractivity contribution in [2.75, 3.05) is 6.61 Å². The van der Waals surface area contributed by atoms with E-state index in [2.05, 4.69) is 9.97 Å². The highest BCUT2D eigenvalue weighted by molar-refractivity contribution is 5.31. The maximum absolute atomic E-state index is 9.16. The van der Waals surface area contributed by atoms with E-state index in [0.29, 0.717) is 12.5 Å². The van der Waals surface area contributed by atoms with Crippen LogP contribution < -0.4 is 4.74 Å². The minimum absolute atomic E-state index is 0.267. The maximum atomic E-state index is 9.16. The first-order valence-electron chi connectivity index (χ1n) is 7.47. The van der Waals surface area contributed by atoms with E-state index in [1.54, 1.807) is 6.33 Å². The molecule has 1 aromatic rings. The molecule has 0 unspecified atom stereocenters. The Morgan fingerprint density at radius 3 is 2.68 bits per heavy atom. The predicted octanol–water partition coefficient (Wildman–Crippen LogP) is 2.29. The van der Waals surface area contributed by atoms with E-state index < -0.39 is 0 Å². The third-order valence-electron chi connectivity index (χ3n) is 4.42. The average Bonchev–Trinajstić information content (AvgIpc) is 2.48. The van der Waals surface area contributed by atoms with Crippen LogP contribution in [0.2, 0.25) is 0 Å². The molecule has 4 nitrogen and oxygen atoms in total. The van der Waals surface area contributed by atoms with E-state index in [1.165, 1.54) is 24.1 Å². The molecule has 1 heterocycles. The second kappa shape index (κ2) is 5.87. The quantitative estimate of drug-likeness (QED) is 0.908. The molecule has 4 heteroatoms. The number of ether oxygens (including phenoxy) is 1. The number of hydrogen-bond acceptors (Lipinski definition) is 4. The summed E-state index contributed by atoms with van der Waals surface area (Å²) in [6, 6.07) is 0. The normalized spacial score (nSPS) is 26.8. The van der Waals surface area contributed by atoms with Crippen LogP contribution in [-0.4, -0.2) is 27.8 Å². The van der Waals surface area contributed by atoms with Gasteiger partial charge in [-0.05, 0) is 57.3 Å². The molecule has 0 atom stereocenters. The average molecular weight is 262 g/mol. The van der Waals surface area contributed by atoms with Gasteiger partial charge in [-0.15, -0.1) is 0 Å². The second-order valence-corrected chi connectivity index (χ2v) is 5.75. The summed E-state index contributed by atoms with van der Waals surface area (Å²) in [5.74, 6) is 1.29. The molecule has 2 aliphatic rings. The summed E-state index contributed by atoms with van der Waals surface area (Å²) in [4.78, 5) is 8.72. The Bertz CT molecular complexity index is 428. The SMILES string of the molecule is OCC1CCC(Oc2ncnc3c2CCCC3)CC1. The summed E-state index contributed by atoms with van der Waals surface area (Å²) in [7, 11) is 0. The third-order valence-corrected chi connectivity index (χ3v) is 4.42. The molecule has 0 amide bonds. The molecule has 0 aliphatic heterocycles. The maximum Gasteiger partial charge on any atom is 0.220 e. The zero-order chi connectivity index (χ0) is 13.1. The standard InChI is InChI=1S/C15H22N2O2/c18-9-11-5-7-12(8-6-11)19-15-13-3-1-2-4-14(13)16-10-17-15/h10-12,18H,1-9H2. The molecule has 1 N–H and O–H groups in total. The Morgan fingerprint density at radius 2 is 1.89 bits per heavy atom. The van der Waals surface area contributed by atoms with E-state index in [9.17, 15) is 0 Å². The summed E-state index contributed by atoms with van der Waals surface area (Å²) in [5.41, 5.74) is 2.42. The fraction of sp³-hybridized carbons (Fsp3) is 0.733. The zero-order valence-electron chi connectivity index (χ0n) is 11.3. The summed E-state index contributed by atoms with van der Waals surface area (Å²) in [6.07, 6.45) is 10.7. The minimum atomic E-state index is 0.267. The first-order valence-corrected chi connectivity index (χ1v) is 7.47. The first-order chi connectivity index (χ1) is 9.36. The van der Waals surface area contributed by atoms with Gasteiger partial charge in [0.25, 0.3) is 0 Å². The van der Waals surface area contributed by atoms with E-state index in [-0.39, 0.29) is 6.10 Å². The van der Waals surface area contributed by atoms with Gasteiger partial charge in [0.1, 0.15) is 12.4 Å². The summed E-state index contributed by atoms with van der Waals surface area (Å²) in [5, 5.41) is 9.16. The third kappa shape index (κ3) is 2.89. The first kappa shape index (κ1) is 12.9. The molecule has 3 rings (SSSR count). The minimum Gasteiger partial charge on any atom is -0.474 e. The van der Waals surface area contributed by atoms with Gasteiger partial charge in [-0.25, -0.2) is 9.97 Å². The fourth-order valence-corrected chi connectivity index (χ4v) is 3.18. The zero-order valence-corrected chi connectivity index (χ0v) is 11.3. The Labute approximate surface area is 114 Å². The lowest BCUT2D eigenvalue weighted by atomic mass is 9.88. The van der Waals surface area contributed by atoms with Gasteiger partial charge in [-0.2, -0.15) is 0 Å². The van der Waals surface area contributed by atoms with Crippen LogP contribution in [-0.2, 0) is 12.8 Å². The van der Waals surface area contributed by atoms with Crippen molar-refractivity contribution in [1.29, 1.82) is 0 Å². The van der Waals surface area contributed by atoms with Gasteiger partial charge < -0.3 is 9.84 Å². The summed E-state index contributed by atoms with van der Waals surface area (Å²) < 4.78 is 6.11. The lowest BCUT2D eigenvalue weighted by Crippen LogP contribution is -2.26. The lowest BCUT2D eigenvalue weighted by Gasteiger charge is -2.28. The molecular weight excluding hydrogens is 240 g/mol. The molecule has 1 aromatic heterocycles. The van der Waals surface area contributed by atoms with Crippen LogP contribution in [0.1, 0.15) is 49.8 Å². The number of fused-ring (bicyclic) bond motifs is 1. The van der Waals surface area contributed by atoms with Gasteiger partial charge in [0.15, 0.2) is 0 Å². The number of aromatic nitrogens is 2. The van der Waals surface area contributed by atoms with Crippen LogP contribution in [0.3, 0.4) is 0 Å². The smallest absolute Gasteiger partial charge is 0.220 e. The number of aliphatic hydroxyl groups is 1. The molecule has 0 aromatic carbocycles. The van der Waals surface area contributed by atoms with Crippen LogP contribution in [0.15, 0.2) is 6.33 Å². The van der Waals surface area contributed by atoms with Crippen molar-refractivity contribution in [3.63, 3.8) is 0 Å². The second-order valence-electron chi connectivity index (χ2n) is 5.75. The molecule has 1 fully saturated rings. The van der Waals surface area contributed by atoms with Gasteiger partial charge >= 0.3 is 0 Å². The van der Waals surface area contributed by atoms with Crippen molar-refractivity contribution >= 4 is 0 Å². The molecule has 2 aliphatic carbocycles. The number of aliphatic hydroxyl groups excluding tert-OH is 1. The molecule has 0 bridgehead atoms. The summed E-state index contributed by atoms with van der Waals surface area (Å²) in [6.45, 7) is 0.315. The molecule has 0 radical (unpaired) electrons. The van der Waals surface area contributed by atoms with Crippen LogP contribution in [0.4, 0.5) is 0 Å². The monoisotopic (exact) mass is 262 g/mol. The Kier molecular flexibility index (Phi) is 3.97. The Hall–Kier alpha value is -1.16. The van der Waals surface area contributed by atoms with Crippen molar-refractivity contribution < 1.29 is 9.84 Å². The number of aryl methyl sites for hydroxylation is 1. The number of rotatable bonds is 3. The van der Waals surface area contributed by atoms with Gasteiger partial charge in [-0.1, -0.05) is 0 Å². The topological polar surface area (TPSA) is 55.2 Å². The van der Waals surface area contributed by atoms with Crippen LogP contribution in [0.25, 0.3) is 0 Å². The van der Waals surface area contributed by atoms with Crippen LogP contribution in [0.5, 0.6) is 5.88 Å². The highest BCUT2D eigenvalue weighted by Gasteiger charge is 2.24. The largest absolute Gasteiger partial charge is 0.474 e.